The van der Waals surface area contributed by atoms with Gasteiger partial charge in [0.15, 0.2) is 0 Å². The second-order valence-corrected chi connectivity index (χ2v) is 5.78. The summed E-state index contributed by atoms with van der Waals surface area (Å²) >= 11 is 0. The summed E-state index contributed by atoms with van der Waals surface area (Å²) < 4.78 is 5.08. The van der Waals surface area contributed by atoms with E-state index in [9.17, 15) is 9.90 Å². The molecule has 0 saturated carbocycles. The first-order valence-corrected chi connectivity index (χ1v) is 7.67. The molecule has 0 aliphatic heterocycles. The Bertz CT molecular complexity index is 576. The maximum atomic E-state index is 11.8. The average molecular weight is 313 g/mol. The van der Waals surface area contributed by atoms with Gasteiger partial charge in [0.1, 0.15) is 5.54 Å². The highest BCUT2D eigenvalue weighted by Crippen LogP contribution is 2.26. The molecule has 4 nitrogen and oxygen atoms in total. The van der Waals surface area contributed by atoms with Gasteiger partial charge in [-0.25, -0.2) is 0 Å². The van der Waals surface area contributed by atoms with Gasteiger partial charge in [0, 0.05) is 13.7 Å². The molecule has 1 unspecified atom stereocenters. The number of carboxylic acid groups (broad SMARTS) is 1. The molecule has 0 radical (unpaired) electrons. The Labute approximate surface area is 137 Å². The average Bonchev–Trinajstić information content (AvgIpc) is 2.59. The van der Waals surface area contributed by atoms with Crippen LogP contribution in [-0.2, 0) is 9.53 Å². The summed E-state index contributed by atoms with van der Waals surface area (Å²) in [5.41, 5.74) is 0.985. The number of rotatable bonds is 8. The Morgan fingerprint density at radius 3 is 1.96 bits per heavy atom. The summed E-state index contributed by atoms with van der Waals surface area (Å²) in [5.74, 6) is -0.883. The molecule has 0 aromatic heterocycles. The number of hydrogen-bond donors (Lipinski definition) is 2. The third-order valence-corrected chi connectivity index (χ3v) is 4.01. The first kappa shape index (κ1) is 17.2. The molecular weight excluding hydrogens is 290 g/mol. The third-order valence-electron chi connectivity index (χ3n) is 4.01. The monoisotopic (exact) mass is 313 g/mol. The summed E-state index contributed by atoms with van der Waals surface area (Å²) in [5, 5.41) is 13.0. The standard InChI is InChI=1S/C19H23NO3/c1-19(18(21)22,13-14-23-2)20-17(15-9-5-3-6-10-15)16-11-7-4-8-12-16/h3-12,17,20H,13-14H2,1-2H3,(H,21,22). The minimum absolute atomic E-state index is 0.199. The van der Waals surface area contributed by atoms with Crippen molar-refractivity contribution in [2.75, 3.05) is 13.7 Å². The van der Waals surface area contributed by atoms with Crippen LogP contribution in [0.5, 0.6) is 0 Å². The summed E-state index contributed by atoms with van der Waals surface area (Å²) in [7, 11) is 1.58. The molecule has 0 spiro atoms. The molecule has 0 aliphatic rings. The highest BCUT2D eigenvalue weighted by Gasteiger charge is 2.35. The maximum Gasteiger partial charge on any atom is 0.323 e. The van der Waals surface area contributed by atoms with E-state index >= 15 is 0 Å². The minimum Gasteiger partial charge on any atom is -0.480 e. The van der Waals surface area contributed by atoms with Gasteiger partial charge in [0.05, 0.1) is 6.04 Å². The fourth-order valence-corrected chi connectivity index (χ4v) is 2.52. The topological polar surface area (TPSA) is 58.6 Å². The highest BCUT2D eigenvalue weighted by molar-refractivity contribution is 5.78. The molecule has 4 heteroatoms. The van der Waals surface area contributed by atoms with E-state index in [0.717, 1.165) is 11.1 Å². The van der Waals surface area contributed by atoms with Crippen LogP contribution in [0.1, 0.15) is 30.5 Å². The maximum absolute atomic E-state index is 11.8. The lowest BCUT2D eigenvalue weighted by molar-refractivity contribution is -0.145. The molecule has 23 heavy (non-hydrogen) atoms. The Hall–Kier alpha value is -2.17. The number of carbonyl (C=O) groups is 1. The van der Waals surface area contributed by atoms with E-state index < -0.39 is 11.5 Å². The zero-order valence-corrected chi connectivity index (χ0v) is 13.5. The van der Waals surface area contributed by atoms with Crippen molar-refractivity contribution in [2.24, 2.45) is 0 Å². The van der Waals surface area contributed by atoms with Crippen molar-refractivity contribution < 1.29 is 14.6 Å². The van der Waals surface area contributed by atoms with Crippen LogP contribution in [0.4, 0.5) is 0 Å². The van der Waals surface area contributed by atoms with Crippen LogP contribution in [-0.4, -0.2) is 30.3 Å². The number of ether oxygens (including phenoxy) is 1. The SMILES string of the molecule is COCCC(C)(NC(c1ccccc1)c1ccccc1)C(=O)O. The van der Waals surface area contributed by atoms with Gasteiger partial charge < -0.3 is 9.84 Å². The van der Waals surface area contributed by atoms with Gasteiger partial charge in [0.25, 0.3) is 0 Å². The molecule has 2 N–H and O–H groups in total. The quantitative estimate of drug-likeness (QED) is 0.785. The second-order valence-electron chi connectivity index (χ2n) is 5.78. The van der Waals surface area contributed by atoms with E-state index in [1.54, 1.807) is 14.0 Å². The van der Waals surface area contributed by atoms with Crippen molar-refractivity contribution >= 4 is 5.97 Å². The van der Waals surface area contributed by atoms with Crippen LogP contribution < -0.4 is 5.32 Å². The van der Waals surface area contributed by atoms with Gasteiger partial charge in [-0.05, 0) is 24.5 Å². The van der Waals surface area contributed by atoms with Gasteiger partial charge in [-0.2, -0.15) is 0 Å². The molecule has 0 saturated heterocycles. The molecule has 0 heterocycles. The van der Waals surface area contributed by atoms with Crippen LogP contribution in [0.3, 0.4) is 0 Å². The van der Waals surface area contributed by atoms with E-state index in [0.29, 0.717) is 13.0 Å². The molecule has 0 aliphatic carbocycles. The number of aliphatic carboxylic acids is 1. The predicted molar refractivity (Wildman–Crippen MR) is 90.4 cm³/mol. The normalized spacial score (nSPS) is 13.7. The Morgan fingerprint density at radius 1 is 1.09 bits per heavy atom. The Kier molecular flexibility index (Phi) is 5.90. The fraction of sp³-hybridized carbons (Fsp3) is 0.316. The smallest absolute Gasteiger partial charge is 0.323 e. The fourth-order valence-electron chi connectivity index (χ4n) is 2.52. The summed E-state index contributed by atoms with van der Waals surface area (Å²) in [6.45, 7) is 2.08. The van der Waals surface area contributed by atoms with Crippen molar-refractivity contribution in [1.82, 2.24) is 5.32 Å². The largest absolute Gasteiger partial charge is 0.480 e. The van der Waals surface area contributed by atoms with Crippen molar-refractivity contribution in [3.8, 4) is 0 Å². The van der Waals surface area contributed by atoms with Crippen molar-refractivity contribution in [3.63, 3.8) is 0 Å². The lowest BCUT2D eigenvalue weighted by atomic mass is 9.92. The van der Waals surface area contributed by atoms with Crippen LogP contribution in [0.25, 0.3) is 0 Å². The van der Waals surface area contributed by atoms with Crippen molar-refractivity contribution in [3.05, 3.63) is 71.8 Å². The molecule has 2 rings (SSSR count). The van der Waals surface area contributed by atoms with Crippen molar-refractivity contribution in [2.45, 2.75) is 24.9 Å². The van der Waals surface area contributed by atoms with E-state index in [-0.39, 0.29) is 6.04 Å². The van der Waals surface area contributed by atoms with Crippen LogP contribution in [0, 0.1) is 0 Å². The van der Waals surface area contributed by atoms with E-state index in [1.807, 2.05) is 60.7 Å². The van der Waals surface area contributed by atoms with Crippen molar-refractivity contribution in [1.29, 1.82) is 0 Å². The molecule has 1 atom stereocenters. The van der Waals surface area contributed by atoms with Gasteiger partial charge >= 0.3 is 5.97 Å². The van der Waals surface area contributed by atoms with E-state index in [1.165, 1.54) is 0 Å². The van der Waals surface area contributed by atoms with Crippen LogP contribution in [0.2, 0.25) is 0 Å². The lowest BCUT2D eigenvalue weighted by Gasteiger charge is -2.32. The summed E-state index contributed by atoms with van der Waals surface area (Å²) in [6, 6.07) is 19.6. The first-order chi connectivity index (χ1) is 11.1. The zero-order valence-electron chi connectivity index (χ0n) is 13.5. The predicted octanol–water partition coefficient (Wildman–Crippen LogP) is 3.25. The van der Waals surface area contributed by atoms with Gasteiger partial charge in [-0.1, -0.05) is 60.7 Å². The van der Waals surface area contributed by atoms with E-state index in [2.05, 4.69) is 5.32 Å². The first-order valence-electron chi connectivity index (χ1n) is 7.67. The van der Waals surface area contributed by atoms with Gasteiger partial charge in [0.2, 0.25) is 0 Å². The van der Waals surface area contributed by atoms with Gasteiger partial charge in [-0.15, -0.1) is 0 Å². The highest BCUT2D eigenvalue weighted by atomic mass is 16.5. The molecule has 0 fully saturated rings. The summed E-state index contributed by atoms with van der Waals surface area (Å²) in [6.07, 6.45) is 0.384. The lowest BCUT2D eigenvalue weighted by Crippen LogP contribution is -2.51. The molecule has 2 aromatic carbocycles. The molecule has 0 bridgehead atoms. The molecule has 0 amide bonds. The zero-order chi connectivity index (χ0) is 16.7. The van der Waals surface area contributed by atoms with E-state index in [4.69, 9.17) is 4.74 Å². The van der Waals surface area contributed by atoms with Crippen LogP contribution >= 0.6 is 0 Å². The second kappa shape index (κ2) is 7.90. The number of methoxy groups -OCH3 is 1. The number of hydrogen-bond acceptors (Lipinski definition) is 3. The number of nitrogens with one attached hydrogen (secondary N) is 1. The number of carboxylic acids is 1. The molecular formula is C19H23NO3. The Morgan fingerprint density at radius 2 is 1.57 bits per heavy atom. The minimum atomic E-state index is -1.08. The summed E-state index contributed by atoms with van der Waals surface area (Å²) in [4.78, 5) is 11.8. The molecule has 122 valence electrons. The van der Waals surface area contributed by atoms with Crippen LogP contribution in [0.15, 0.2) is 60.7 Å². The number of benzene rings is 2. The molecule has 2 aromatic rings. The van der Waals surface area contributed by atoms with Gasteiger partial charge in [-0.3, -0.25) is 10.1 Å². The third kappa shape index (κ3) is 4.41. The Balaban J connectivity index is 2.36.